The molecule has 0 aromatic carbocycles. The second kappa shape index (κ2) is 26.6. The average Bonchev–Trinajstić information content (AvgIpc) is 3.36. The zero-order chi connectivity index (χ0) is 25.8. The average molecular weight is 507 g/mol. The first-order chi connectivity index (χ1) is 17.8. The van der Waals surface area contributed by atoms with Gasteiger partial charge < -0.3 is 4.48 Å². The summed E-state index contributed by atoms with van der Waals surface area (Å²) in [6, 6.07) is 0. The van der Waals surface area contributed by atoms with E-state index < -0.39 is 0 Å². The van der Waals surface area contributed by atoms with Gasteiger partial charge in [-0.2, -0.15) is 0 Å². The van der Waals surface area contributed by atoms with E-state index in [9.17, 15) is 0 Å². The van der Waals surface area contributed by atoms with Crippen molar-refractivity contribution in [2.45, 2.75) is 200 Å². The maximum absolute atomic E-state index is 2.31. The Hall–Kier alpha value is -0.0400. The summed E-state index contributed by atoms with van der Waals surface area (Å²) in [6.07, 6.45) is 42.9. The molecule has 0 atom stereocenters. The molecular weight excluding hydrogens is 434 g/mol. The number of rotatable bonds is 29. The van der Waals surface area contributed by atoms with E-state index in [1.165, 1.54) is 217 Å². The second-order valence-corrected chi connectivity index (χ2v) is 12.8. The SMILES string of the molecule is CCCCCCCCCCCCCCCCC[N+]1(CCCCCCCCCCCCCC)CCCC1. The van der Waals surface area contributed by atoms with Crippen LogP contribution < -0.4 is 0 Å². The van der Waals surface area contributed by atoms with Gasteiger partial charge in [0.25, 0.3) is 0 Å². The number of unbranched alkanes of at least 4 members (excludes halogenated alkanes) is 25. The minimum absolute atomic E-state index is 1.37. The molecule has 0 radical (unpaired) electrons. The Bertz CT molecular complexity index is 411. The quantitative estimate of drug-likeness (QED) is 0.0698. The Kier molecular flexibility index (Phi) is 25.1. The first kappa shape index (κ1) is 34.0. The molecular formula is C35H72N+. The minimum Gasteiger partial charge on any atom is -0.324 e. The van der Waals surface area contributed by atoms with E-state index in [2.05, 4.69) is 13.8 Å². The second-order valence-electron chi connectivity index (χ2n) is 12.8. The van der Waals surface area contributed by atoms with E-state index in [1.807, 2.05) is 0 Å². The summed E-state index contributed by atoms with van der Waals surface area (Å²) in [4.78, 5) is 0. The highest BCUT2D eigenvalue weighted by molar-refractivity contribution is 4.58. The van der Waals surface area contributed by atoms with Gasteiger partial charge in [0, 0.05) is 12.8 Å². The van der Waals surface area contributed by atoms with E-state index >= 15 is 0 Å². The van der Waals surface area contributed by atoms with Crippen molar-refractivity contribution in [2.24, 2.45) is 0 Å². The van der Waals surface area contributed by atoms with Crippen LogP contribution in [0.4, 0.5) is 0 Å². The van der Waals surface area contributed by atoms with E-state index in [4.69, 9.17) is 0 Å². The van der Waals surface area contributed by atoms with Crippen LogP contribution in [-0.2, 0) is 0 Å². The summed E-state index contributed by atoms with van der Waals surface area (Å²) < 4.78 is 1.50. The maximum Gasteiger partial charge on any atom is 0.0788 e. The standard InChI is InChI=1S/C35H72N/c1-3-5-7-9-11-13-15-17-18-19-21-23-25-27-29-33-36(34-30-31-35-36)32-28-26-24-22-20-16-14-12-10-8-6-4-2/h3-35H2,1-2H3/q+1. The summed E-state index contributed by atoms with van der Waals surface area (Å²) in [5.41, 5.74) is 0. The van der Waals surface area contributed by atoms with Gasteiger partial charge in [0.2, 0.25) is 0 Å². The molecule has 1 nitrogen and oxygen atoms in total. The van der Waals surface area contributed by atoms with Crippen molar-refractivity contribution in [1.82, 2.24) is 0 Å². The largest absolute Gasteiger partial charge is 0.324 e. The van der Waals surface area contributed by atoms with Gasteiger partial charge in [-0.1, -0.05) is 162 Å². The van der Waals surface area contributed by atoms with Crippen LogP contribution in [0.1, 0.15) is 200 Å². The number of likely N-dealkylation sites (tertiary alicyclic amines) is 1. The molecule has 0 N–H and O–H groups in total. The zero-order valence-corrected chi connectivity index (χ0v) is 25.8. The normalized spacial score (nSPS) is 15.2. The van der Waals surface area contributed by atoms with Gasteiger partial charge in [-0.25, -0.2) is 0 Å². The molecule has 1 aliphatic rings. The van der Waals surface area contributed by atoms with Crippen molar-refractivity contribution in [3.63, 3.8) is 0 Å². The topological polar surface area (TPSA) is 0 Å². The van der Waals surface area contributed by atoms with Crippen molar-refractivity contribution in [2.75, 3.05) is 26.2 Å². The molecule has 0 aromatic heterocycles. The molecule has 216 valence electrons. The molecule has 1 saturated heterocycles. The first-order valence-electron chi connectivity index (χ1n) is 17.7. The summed E-state index contributed by atoms with van der Waals surface area (Å²) in [5, 5.41) is 0. The molecule has 36 heavy (non-hydrogen) atoms. The highest BCUT2D eigenvalue weighted by Crippen LogP contribution is 2.23. The third-order valence-electron chi connectivity index (χ3n) is 9.24. The molecule has 0 aliphatic carbocycles. The molecule has 0 unspecified atom stereocenters. The van der Waals surface area contributed by atoms with Crippen molar-refractivity contribution in [1.29, 1.82) is 0 Å². The van der Waals surface area contributed by atoms with Gasteiger partial charge in [-0.15, -0.1) is 0 Å². The number of nitrogens with zero attached hydrogens (tertiary/aromatic N) is 1. The summed E-state index contributed by atoms with van der Waals surface area (Å²) in [6.45, 7) is 10.6. The molecule has 1 heteroatoms. The lowest BCUT2D eigenvalue weighted by atomic mass is 10.0. The molecule has 0 spiro atoms. The van der Waals surface area contributed by atoms with Gasteiger partial charge in [0.1, 0.15) is 0 Å². The van der Waals surface area contributed by atoms with Crippen molar-refractivity contribution < 1.29 is 4.48 Å². The third-order valence-corrected chi connectivity index (χ3v) is 9.24. The number of hydrogen-bond donors (Lipinski definition) is 0. The Morgan fingerprint density at radius 3 is 0.778 bits per heavy atom. The Balaban J connectivity index is 1.88. The molecule has 0 amide bonds. The Morgan fingerprint density at radius 1 is 0.306 bits per heavy atom. The Labute approximate surface area is 230 Å². The fraction of sp³-hybridized carbons (Fsp3) is 1.00. The van der Waals surface area contributed by atoms with Gasteiger partial charge in [-0.05, 0) is 25.7 Å². The molecule has 1 aliphatic heterocycles. The number of hydrogen-bond acceptors (Lipinski definition) is 0. The van der Waals surface area contributed by atoms with Crippen molar-refractivity contribution >= 4 is 0 Å². The van der Waals surface area contributed by atoms with Gasteiger partial charge in [0.05, 0.1) is 26.2 Å². The van der Waals surface area contributed by atoms with Gasteiger partial charge in [-0.3, -0.25) is 0 Å². The summed E-state index contributed by atoms with van der Waals surface area (Å²) in [5.74, 6) is 0. The number of quaternary nitrogens is 1. The highest BCUT2D eigenvalue weighted by atomic mass is 15.4. The predicted octanol–water partition coefficient (Wildman–Crippen LogP) is 12.2. The van der Waals surface area contributed by atoms with E-state index in [1.54, 1.807) is 0 Å². The van der Waals surface area contributed by atoms with E-state index in [0.29, 0.717) is 0 Å². The van der Waals surface area contributed by atoms with E-state index in [-0.39, 0.29) is 0 Å². The molecule has 0 saturated carbocycles. The van der Waals surface area contributed by atoms with Crippen LogP contribution in [0.2, 0.25) is 0 Å². The maximum atomic E-state index is 2.31. The van der Waals surface area contributed by atoms with Crippen molar-refractivity contribution in [3.05, 3.63) is 0 Å². The fourth-order valence-corrected chi connectivity index (χ4v) is 6.67. The summed E-state index contributed by atoms with van der Waals surface area (Å²) in [7, 11) is 0. The Morgan fingerprint density at radius 2 is 0.528 bits per heavy atom. The van der Waals surface area contributed by atoms with Gasteiger partial charge >= 0.3 is 0 Å². The third kappa shape index (κ3) is 21.0. The van der Waals surface area contributed by atoms with Crippen LogP contribution in [-0.4, -0.2) is 30.7 Å². The first-order valence-corrected chi connectivity index (χ1v) is 17.7. The predicted molar refractivity (Wildman–Crippen MR) is 165 cm³/mol. The van der Waals surface area contributed by atoms with Crippen LogP contribution in [0.15, 0.2) is 0 Å². The molecule has 1 rings (SSSR count). The molecule has 0 aromatic rings. The summed E-state index contributed by atoms with van der Waals surface area (Å²) >= 11 is 0. The van der Waals surface area contributed by atoms with Crippen LogP contribution in [0.25, 0.3) is 0 Å². The van der Waals surface area contributed by atoms with Crippen LogP contribution >= 0.6 is 0 Å². The van der Waals surface area contributed by atoms with E-state index in [0.717, 1.165) is 0 Å². The lowest BCUT2D eigenvalue weighted by molar-refractivity contribution is -0.917. The lowest BCUT2D eigenvalue weighted by Crippen LogP contribution is -2.46. The molecule has 1 heterocycles. The monoisotopic (exact) mass is 507 g/mol. The molecule has 0 bridgehead atoms. The fourth-order valence-electron chi connectivity index (χ4n) is 6.67. The lowest BCUT2D eigenvalue weighted by Gasteiger charge is -2.34. The van der Waals surface area contributed by atoms with Gasteiger partial charge in [0.15, 0.2) is 0 Å². The van der Waals surface area contributed by atoms with Crippen LogP contribution in [0.5, 0.6) is 0 Å². The van der Waals surface area contributed by atoms with Crippen LogP contribution in [0, 0.1) is 0 Å². The zero-order valence-electron chi connectivity index (χ0n) is 25.8. The highest BCUT2D eigenvalue weighted by Gasteiger charge is 2.30. The van der Waals surface area contributed by atoms with Crippen LogP contribution in [0.3, 0.4) is 0 Å². The smallest absolute Gasteiger partial charge is 0.0788 e. The minimum atomic E-state index is 1.37. The molecule has 1 fully saturated rings. The van der Waals surface area contributed by atoms with Crippen molar-refractivity contribution in [3.8, 4) is 0 Å².